The summed E-state index contributed by atoms with van der Waals surface area (Å²) < 4.78 is 6.56. The largest absolute Gasteiger partial charge is 0.450 e. The lowest BCUT2D eigenvalue weighted by Crippen LogP contribution is -2.50. The van der Waals surface area contributed by atoms with Crippen LogP contribution in [0.25, 0.3) is 27.9 Å². The first kappa shape index (κ1) is 24.9. The monoisotopic (exact) mass is 516 g/mol. The van der Waals surface area contributed by atoms with Gasteiger partial charge in [-0.2, -0.15) is 4.52 Å². The van der Waals surface area contributed by atoms with Crippen molar-refractivity contribution in [3.05, 3.63) is 54.6 Å². The first-order valence-corrected chi connectivity index (χ1v) is 12.5. The summed E-state index contributed by atoms with van der Waals surface area (Å²) in [7, 11) is 0. The molecule has 12 nitrogen and oxygen atoms in total. The number of carbonyl (C=O) groups excluding carboxylic acids is 3. The van der Waals surface area contributed by atoms with Crippen LogP contribution in [-0.4, -0.2) is 80.1 Å². The Morgan fingerprint density at radius 3 is 2.37 bits per heavy atom. The van der Waals surface area contributed by atoms with Crippen LogP contribution in [0.4, 0.5) is 10.7 Å². The summed E-state index contributed by atoms with van der Waals surface area (Å²) in [6.45, 7) is 3.70. The Morgan fingerprint density at radius 1 is 0.895 bits per heavy atom. The van der Waals surface area contributed by atoms with Gasteiger partial charge < -0.3 is 14.5 Å². The average Bonchev–Trinajstić information content (AvgIpc) is 3.41. The van der Waals surface area contributed by atoms with Crippen LogP contribution in [0.5, 0.6) is 0 Å². The highest BCUT2D eigenvalue weighted by Crippen LogP contribution is 2.23. The molecule has 2 N–H and O–H groups in total. The van der Waals surface area contributed by atoms with E-state index in [1.165, 1.54) is 0 Å². The molecule has 0 unspecified atom stereocenters. The number of rotatable bonds is 7. The van der Waals surface area contributed by atoms with Crippen molar-refractivity contribution in [2.45, 2.75) is 19.8 Å². The van der Waals surface area contributed by atoms with Crippen molar-refractivity contribution >= 4 is 40.4 Å². The Kier molecular flexibility index (Phi) is 7.29. The molecule has 0 atom stereocenters. The van der Waals surface area contributed by atoms with E-state index in [9.17, 15) is 14.4 Å². The maximum Gasteiger partial charge on any atom is 0.409 e. The number of hydrazine groups is 1. The van der Waals surface area contributed by atoms with Gasteiger partial charge in [-0.25, -0.2) is 14.8 Å². The van der Waals surface area contributed by atoms with E-state index in [4.69, 9.17) is 9.72 Å². The molecule has 1 aliphatic heterocycles. The number of nitrogens with zero attached hydrogens (tertiary/aromatic N) is 6. The molecule has 0 spiro atoms. The number of hydrogen-bond acceptors (Lipinski definition) is 8. The summed E-state index contributed by atoms with van der Waals surface area (Å²) in [5.74, 6) is 0.323. The van der Waals surface area contributed by atoms with Gasteiger partial charge in [0, 0.05) is 50.0 Å². The number of nitrogens with one attached hydrogen (secondary N) is 2. The van der Waals surface area contributed by atoms with E-state index in [0.29, 0.717) is 55.7 Å². The lowest BCUT2D eigenvalue weighted by atomic mass is 10.2. The third-order valence-corrected chi connectivity index (χ3v) is 6.25. The normalized spacial score (nSPS) is 13.5. The number of piperazine rings is 1. The number of anilines is 1. The molecule has 4 aromatic rings. The van der Waals surface area contributed by atoms with E-state index in [-0.39, 0.29) is 30.7 Å². The number of ether oxygens (including phenoxy) is 1. The summed E-state index contributed by atoms with van der Waals surface area (Å²) in [4.78, 5) is 49.5. The van der Waals surface area contributed by atoms with E-state index in [2.05, 4.69) is 20.9 Å². The molecule has 2 aromatic carbocycles. The third-order valence-electron chi connectivity index (χ3n) is 6.25. The van der Waals surface area contributed by atoms with Crippen LogP contribution in [-0.2, 0) is 14.3 Å². The van der Waals surface area contributed by atoms with Gasteiger partial charge in [0.15, 0.2) is 11.5 Å². The zero-order chi connectivity index (χ0) is 26.5. The fourth-order valence-corrected chi connectivity index (χ4v) is 4.27. The molecule has 196 valence electrons. The second-order valence-corrected chi connectivity index (χ2v) is 8.73. The van der Waals surface area contributed by atoms with Crippen molar-refractivity contribution < 1.29 is 19.1 Å². The molecule has 3 amide bonds. The molecule has 1 saturated heterocycles. The van der Waals surface area contributed by atoms with Gasteiger partial charge in [0.05, 0.1) is 12.1 Å². The van der Waals surface area contributed by atoms with Gasteiger partial charge in [0.25, 0.3) is 0 Å². The lowest BCUT2D eigenvalue weighted by Gasteiger charge is -2.34. The van der Waals surface area contributed by atoms with E-state index < -0.39 is 0 Å². The number of hydrogen-bond donors (Lipinski definition) is 2. The minimum Gasteiger partial charge on any atom is -0.450 e. The Bertz CT molecular complexity index is 1460. The minimum atomic E-state index is -0.371. The maximum absolute atomic E-state index is 12.6. The van der Waals surface area contributed by atoms with Gasteiger partial charge >= 0.3 is 6.09 Å². The smallest absolute Gasteiger partial charge is 0.409 e. The molecule has 0 aliphatic carbocycles. The Morgan fingerprint density at radius 2 is 1.61 bits per heavy atom. The van der Waals surface area contributed by atoms with Crippen molar-refractivity contribution in [3.63, 3.8) is 0 Å². The van der Waals surface area contributed by atoms with Crippen LogP contribution < -0.4 is 10.9 Å². The van der Waals surface area contributed by atoms with Crippen LogP contribution in [0, 0.1) is 0 Å². The molecule has 5 rings (SSSR count). The van der Waals surface area contributed by atoms with Crippen molar-refractivity contribution in [3.8, 4) is 11.4 Å². The highest BCUT2D eigenvalue weighted by atomic mass is 16.6. The lowest BCUT2D eigenvalue weighted by molar-refractivity contribution is -0.134. The number of benzene rings is 2. The second-order valence-electron chi connectivity index (χ2n) is 8.73. The summed E-state index contributed by atoms with van der Waals surface area (Å²) in [5, 5.41) is 5.43. The Balaban J connectivity index is 1.22. The van der Waals surface area contributed by atoms with Crippen molar-refractivity contribution in [2.75, 3.05) is 38.2 Å². The third kappa shape index (κ3) is 5.33. The zero-order valence-corrected chi connectivity index (χ0v) is 21.0. The second kappa shape index (κ2) is 11.1. The highest BCUT2D eigenvalue weighted by Gasteiger charge is 2.25. The number of para-hydroxylation sites is 1. The van der Waals surface area contributed by atoms with Crippen LogP contribution in [0.15, 0.2) is 54.6 Å². The van der Waals surface area contributed by atoms with Crippen LogP contribution in [0.3, 0.4) is 0 Å². The average molecular weight is 517 g/mol. The molecule has 0 saturated carbocycles. The summed E-state index contributed by atoms with van der Waals surface area (Å²) in [6, 6.07) is 17.2. The summed E-state index contributed by atoms with van der Waals surface area (Å²) >= 11 is 0. The molecule has 12 heteroatoms. The van der Waals surface area contributed by atoms with Gasteiger partial charge in [-0.3, -0.25) is 20.4 Å². The number of aromatic nitrogens is 4. The number of carbonyl (C=O) groups is 3. The minimum absolute atomic E-state index is 0.00668. The SMILES string of the molecule is CCOC(=O)N1CCN(C(=O)CCC(=O)NNc2nc3ccccc3c3nc(-c4ccccc4)nn23)CC1. The maximum atomic E-state index is 12.6. The molecule has 1 fully saturated rings. The molecular formula is C26H28N8O4. The van der Waals surface area contributed by atoms with E-state index in [1.807, 2.05) is 54.6 Å². The molecule has 38 heavy (non-hydrogen) atoms. The van der Waals surface area contributed by atoms with Crippen LogP contribution >= 0.6 is 0 Å². The van der Waals surface area contributed by atoms with Crippen molar-refractivity contribution in [1.82, 2.24) is 34.8 Å². The van der Waals surface area contributed by atoms with Gasteiger partial charge in [-0.1, -0.05) is 42.5 Å². The molecule has 0 radical (unpaired) electrons. The molecule has 3 heterocycles. The topological polar surface area (TPSA) is 134 Å². The number of amides is 3. The van der Waals surface area contributed by atoms with Gasteiger partial charge in [0.2, 0.25) is 17.8 Å². The van der Waals surface area contributed by atoms with E-state index >= 15 is 0 Å². The fraction of sp³-hybridized carbons (Fsp3) is 0.308. The first-order valence-electron chi connectivity index (χ1n) is 12.5. The van der Waals surface area contributed by atoms with Gasteiger partial charge in [-0.15, -0.1) is 5.10 Å². The van der Waals surface area contributed by atoms with Crippen molar-refractivity contribution in [1.29, 1.82) is 0 Å². The van der Waals surface area contributed by atoms with Crippen molar-refractivity contribution in [2.24, 2.45) is 0 Å². The van der Waals surface area contributed by atoms with E-state index in [1.54, 1.807) is 21.2 Å². The van der Waals surface area contributed by atoms with Gasteiger partial charge in [0.1, 0.15) is 0 Å². The Hall–Kier alpha value is -4.74. The zero-order valence-electron chi connectivity index (χ0n) is 21.0. The van der Waals surface area contributed by atoms with Crippen LogP contribution in [0.1, 0.15) is 19.8 Å². The van der Waals surface area contributed by atoms with E-state index in [0.717, 1.165) is 10.9 Å². The summed E-state index contributed by atoms with van der Waals surface area (Å²) in [5.41, 5.74) is 7.62. The highest BCUT2D eigenvalue weighted by molar-refractivity contribution is 5.93. The molecule has 0 bridgehead atoms. The predicted octanol–water partition coefficient (Wildman–Crippen LogP) is 2.47. The molecule has 2 aromatic heterocycles. The predicted molar refractivity (Wildman–Crippen MR) is 140 cm³/mol. The fourth-order valence-electron chi connectivity index (χ4n) is 4.27. The molecular weight excluding hydrogens is 488 g/mol. The molecule has 1 aliphatic rings. The Labute approximate surface area is 218 Å². The first-order chi connectivity index (χ1) is 18.5. The van der Waals surface area contributed by atoms with Gasteiger partial charge in [-0.05, 0) is 19.1 Å². The number of fused-ring (bicyclic) bond motifs is 3. The summed E-state index contributed by atoms with van der Waals surface area (Å²) in [6.07, 6.45) is -0.327. The quantitative estimate of drug-likeness (QED) is 0.358. The standard InChI is InChI=1S/C26H28N8O4/c1-2-38-26(37)33-16-14-32(15-17-33)22(36)13-12-21(35)29-30-25-27-20-11-7-6-10-19(20)24-28-23(31-34(24)25)18-8-4-3-5-9-18/h3-11H,2,12-17H2,1H3,(H,27,30)(H,29,35). The van der Waals surface area contributed by atoms with Crippen LogP contribution in [0.2, 0.25) is 0 Å².